The SMILES string of the molecule is CNc1c(S(C)(=O)=O)c(C2CC3CCC(C2)N3C(=O)c2ncn[nH]2)nc2c(-c3ccc(-c4ccccc4)nc3)cnn12. The van der Waals surface area contributed by atoms with E-state index < -0.39 is 9.84 Å². The Morgan fingerprint density at radius 2 is 1.76 bits per heavy atom. The maximum atomic E-state index is 13.3. The van der Waals surface area contributed by atoms with Crippen molar-refractivity contribution in [1.82, 2.24) is 39.7 Å². The van der Waals surface area contributed by atoms with Crippen LogP contribution in [0, 0.1) is 0 Å². The molecule has 13 heteroatoms. The molecule has 6 heterocycles. The molecule has 0 saturated carbocycles. The molecular weight excluding hydrogens is 554 g/mol. The van der Waals surface area contributed by atoms with Crippen LogP contribution in [0.2, 0.25) is 0 Å². The third-order valence-electron chi connectivity index (χ3n) is 8.35. The molecule has 214 valence electrons. The standard InChI is InChI=1S/C29H29N9O3S/c1-30-28-25(42(2,40)41)24(19-12-20-9-10-21(13-19)37(20)29(39)26-32-16-33-36-26)35-27-22(15-34-38(27)28)18-8-11-23(31-14-18)17-6-4-3-5-7-17/h3-8,11,14-16,19-21,30H,9-10,12-13H2,1-2H3,(H,32,33,36). The molecule has 1 amide bonds. The van der Waals surface area contributed by atoms with Gasteiger partial charge in [0.05, 0.1) is 17.6 Å². The number of sulfone groups is 1. The van der Waals surface area contributed by atoms with Crippen LogP contribution in [0.15, 0.2) is 66.1 Å². The largest absolute Gasteiger partial charge is 0.372 e. The normalized spacial score (nSPS) is 20.2. The Morgan fingerprint density at radius 1 is 1.00 bits per heavy atom. The average molecular weight is 584 g/mol. The van der Waals surface area contributed by atoms with Crippen LogP contribution in [-0.2, 0) is 9.84 Å². The molecule has 2 N–H and O–H groups in total. The number of hydrogen-bond donors (Lipinski definition) is 2. The van der Waals surface area contributed by atoms with E-state index in [1.807, 2.05) is 47.4 Å². The molecule has 2 bridgehead atoms. The van der Waals surface area contributed by atoms with Crippen LogP contribution in [-0.4, -0.2) is 79.4 Å². The van der Waals surface area contributed by atoms with Crippen LogP contribution >= 0.6 is 0 Å². The number of pyridine rings is 1. The number of nitrogens with one attached hydrogen (secondary N) is 2. The number of carbonyl (C=O) groups excluding carboxylic acids is 1. The average Bonchev–Trinajstić information content (AvgIpc) is 3.74. The highest BCUT2D eigenvalue weighted by Crippen LogP contribution is 2.46. The first-order valence-electron chi connectivity index (χ1n) is 13.8. The third kappa shape index (κ3) is 4.31. The molecule has 2 saturated heterocycles. The number of hydrogen-bond acceptors (Lipinski definition) is 9. The predicted octanol–water partition coefficient (Wildman–Crippen LogP) is 3.57. The Balaban J connectivity index is 1.31. The Kier molecular flexibility index (Phi) is 6.26. The first-order chi connectivity index (χ1) is 20.3. The predicted molar refractivity (Wildman–Crippen MR) is 156 cm³/mol. The molecule has 4 aromatic heterocycles. The van der Waals surface area contributed by atoms with Gasteiger partial charge in [-0.05, 0) is 31.7 Å². The third-order valence-corrected chi connectivity index (χ3v) is 9.50. The summed E-state index contributed by atoms with van der Waals surface area (Å²) in [5.74, 6) is 0.246. The van der Waals surface area contributed by atoms with Gasteiger partial charge >= 0.3 is 0 Å². The lowest BCUT2D eigenvalue weighted by Gasteiger charge is -2.38. The number of aromatic nitrogens is 7. The smallest absolute Gasteiger partial charge is 0.291 e. The van der Waals surface area contributed by atoms with E-state index in [0.717, 1.165) is 35.2 Å². The van der Waals surface area contributed by atoms with Gasteiger partial charge in [-0.2, -0.15) is 14.7 Å². The Labute approximate surface area is 242 Å². The van der Waals surface area contributed by atoms with E-state index in [0.29, 0.717) is 30.0 Å². The molecule has 0 radical (unpaired) electrons. The Morgan fingerprint density at radius 3 is 2.38 bits per heavy atom. The second-order valence-corrected chi connectivity index (χ2v) is 12.8. The van der Waals surface area contributed by atoms with Crippen molar-refractivity contribution in [2.45, 2.75) is 48.6 Å². The number of nitrogens with zero attached hydrogens (tertiary/aromatic N) is 7. The Hall–Kier alpha value is -4.65. The van der Waals surface area contributed by atoms with Gasteiger partial charge in [-0.1, -0.05) is 36.4 Å². The molecule has 0 spiro atoms. The van der Waals surface area contributed by atoms with Crippen LogP contribution in [0.1, 0.15) is 47.9 Å². The highest BCUT2D eigenvalue weighted by Gasteiger charge is 2.46. The van der Waals surface area contributed by atoms with Gasteiger partial charge in [0.2, 0.25) is 5.82 Å². The van der Waals surface area contributed by atoms with E-state index in [-0.39, 0.29) is 34.6 Å². The molecule has 7 rings (SSSR count). The van der Waals surface area contributed by atoms with Crippen LogP contribution in [0.25, 0.3) is 28.0 Å². The fourth-order valence-electron chi connectivity index (χ4n) is 6.56. The summed E-state index contributed by atoms with van der Waals surface area (Å²) in [5.41, 5.74) is 4.49. The van der Waals surface area contributed by atoms with Crippen molar-refractivity contribution in [2.75, 3.05) is 18.6 Å². The second-order valence-electron chi connectivity index (χ2n) is 10.9. The zero-order valence-corrected chi connectivity index (χ0v) is 23.9. The Bertz CT molecular complexity index is 1870. The zero-order valence-electron chi connectivity index (χ0n) is 23.1. The van der Waals surface area contributed by atoms with Crippen molar-refractivity contribution >= 4 is 27.2 Å². The molecule has 0 aliphatic carbocycles. The molecule has 12 nitrogen and oxygen atoms in total. The summed E-state index contributed by atoms with van der Waals surface area (Å²) in [7, 11) is -2.00. The maximum absolute atomic E-state index is 13.3. The van der Waals surface area contributed by atoms with Gasteiger partial charge in [0, 0.05) is 54.2 Å². The van der Waals surface area contributed by atoms with Crippen molar-refractivity contribution < 1.29 is 13.2 Å². The number of piperidine rings is 1. The first kappa shape index (κ1) is 26.3. The lowest BCUT2D eigenvalue weighted by atomic mass is 9.87. The summed E-state index contributed by atoms with van der Waals surface area (Å²) in [6, 6.07) is 13.8. The summed E-state index contributed by atoms with van der Waals surface area (Å²) in [5, 5.41) is 14.1. The first-order valence-corrected chi connectivity index (χ1v) is 15.7. The zero-order chi connectivity index (χ0) is 29.0. The summed E-state index contributed by atoms with van der Waals surface area (Å²) >= 11 is 0. The van der Waals surface area contributed by atoms with E-state index in [4.69, 9.17) is 4.98 Å². The minimum atomic E-state index is -3.69. The van der Waals surface area contributed by atoms with Crippen LogP contribution in [0.5, 0.6) is 0 Å². The molecule has 5 aromatic rings. The highest BCUT2D eigenvalue weighted by atomic mass is 32.2. The minimum absolute atomic E-state index is 0.0473. The molecular formula is C29H29N9O3S. The summed E-state index contributed by atoms with van der Waals surface area (Å²) in [6.07, 6.45) is 8.89. The van der Waals surface area contributed by atoms with E-state index in [9.17, 15) is 13.2 Å². The number of carbonyl (C=O) groups is 1. The lowest BCUT2D eigenvalue weighted by molar-refractivity contribution is 0.0556. The summed E-state index contributed by atoms with van der Waals surface area (Å²) < 4.78 is 28.1. The van der Waals surface area contributed by atoms with Gasteiger partial charge in [-0.3, -0.25) is 14.9 Å². The van der Waals surface area contributed by atoms with Crippen LogP contribution in [0.4, 0.5) is 5.82 Å². The minimum Gasteiger partial charge on any atom is -0.372 e. The van der Waals surface area contributed by atoms with Crippen LogP contribution < -0.4 is 5.32 Å². The van der Waals surface area contributed by atoms with Gasteiger partial charge in [-0.15, -0.1) is 0 Å². The van der Waals surface area contributed by atoms with E-state index in [1.54, 1.807) is 24.0 Å². The monoisotopic (exact) mass is 583 g/mol. The number of fused-ring (bicyclic) bond motifs is 3. The van der Waals surface area contributed by atoms with Crippen molar-refractivity contribution in [3.63, 3.8) is 0 Å². The van der Waals surface area contributed by atoms with Crippen molar-refractivity contribution in [3.05, 3.63) is 72.7 Å². The highest BCUT2D eigenvalue weighted by molar-refractivity contribution is 7.91. The maximum Gasteiger partial charge on any atom is 0.291 e. The van der Waals surface area contributed by atoms with E-state index in [1.165, 1.54) is 12.6 Å². The van der Waals surface area contributed by atoms with E-state index in [2.05, 4.69) is 30.6 Å². The summed E-state index contributed by atoms with van der Waals surface area (Å²) in [4.78, 5) is 29.0. The number of benzene rings is 1. The van der Waals surface area contributed by atoms with Crippen molar-refractivity contribution in [3.8, 4) is 22.4 Å². The molecule has 2 unspecified atom stereocenters. The summed E-state index contributed by atoms with van der Waals surface area (Å²) in [6.45, 7) is 0. The van der Waals surface area contributed by atoms with Crippen LogP contribution in [0.3, 0.4) is 0 Å². The fourth-order valence-corrected chi connectivity index (χ4v) is 7.69. The molecule has 2 aliphatic heterocycles. The van der Waals surface area contributed by atoms with E-state index >= 15 is 0 Å². The van der Waals surface area contributed by atoms with Gasteiger partial charge < -0.3 is 10.2 Å². The number of rotatable bonds is 6. The number of H-pyrrole nitrogens is 1. The van der Waals surface area contributed by atoms with Gasteiger partial charge in [0.25, 0.3) is 5.91 Å². The number of anilines is 1. The molecule has 42 heavy (non-hydrogen) atoms. The number of amides is 1. The van der Waals surface area contributed by atoms with Gasteiger partial charge in [-0.25, -0.2) is 18.4 Å². The van der Waals surface area contributed by atoms with Crippen molar-refractivity contribution in [1.29, 1.82) is 0 Å². The lowest BCUT2D eigenvalue weighted by Crippen LogP contribution is -2.46. The van der Waals surface area contributed by atoms with Crippen molar-refractivity contribution in [2.24, 2.45) is 0 Å². The fraction of sp³-hybridized carbons (Fsp3) is 0.310. The second kappa shape index (κ2) is 10.0. The number of aromatic amines is 1. The molecule has 2 fully saturated rings. The topological polar surface area (TPSA) is 151 Å². The quantitative estimate of drug-likeness (QED) is 0.306. The molecule has 1 aromatic carbocycles. The van der Waals surface area contributed by atoms with Gasteiger partial charge in [0.15, 0.2) is 15.5 Å². The molecule has 2 atom stereocenters. The molecule has 2 aliphatic rings. The van der Waals surface area contributed by atoms with Gasteiger partial charge in [0.1, 0.15) is 17.0 Å².